The maximum absolute atomic E-state index is 5.25. The van der Waals surface area contributed by atoms with Crippen LogP contribution in [0.3, 0.4) is 0 Å². The number of hydrogen-bond donors (Lipinski definition) is 2. The highest BCUT2D eigenvalue weighted by molar-refractivity contribution is 7.80. The lowest BCUT2D eigenvalue weighted by Crippen LogP contribution is -2.24. The number of hydrogen-bond acceptors (Lipinski definition) is 3. The molecule has 4 nitrogen and oxygen atoms in total. The van der Waals surface area contributed by atoms with Gasteiger partial charge in [0.25, 0.3) is 0 Å². The minimum atomic E-state index is 0.159. The van der Waals surface area contributed by atoms with Crippen LogP contribution in [0.5, 0.6) is 0 Å². The Kier molecular flexibility index (Phi) is 6.46. The first kappa shape index (κ1) is 15.0. The molecule has 1 heterocycles. The normalized spacial score (nSPS) is 10.0. The molecule has 0 spiro atoms. The standard InChI is InChI=1S/C12H12N4S.C2H6/c13-12(17)16-15-8-6-11-10-4-2-1-3-9(10)5-7-14-11;1-2/h1-5,7-8H,6H2,(H3,13,16,17);1-2H3/b15-8-;. The van der Waals surface area contributed by atoms with E-state index in [1.54, 1.807) is 12.4 Å². The number of rotatable bonds is 3. The molecule has 0 bridgehead atoms. The summed E-state index contributed by atoms with van der Waals surface area (Å²) in [6.45, 7) is 4.00. The Morgan fingerprint density at radius 3 is 2.84 bits per heavy atom. The zero-order valence-corrected chi connectivity index (χ0v) is 11.9. The van der Waals surface area contributed by atoms with Gasteiger partial charge < -0.3 is 5.73 Å². The first-order valence-electron chi connectivity index (χ1n) is 6.17. The van der Waals surface area contributed by atoms with Crippen LogP contribution in [0.25, 0.3) is 10.8 Å². The number of fused-ring (bicyclic) bond motifs is 1. The number of nitrogens with two attached hydrogens (primary N) is 1. The number of hydrazone groups is 1. The summed E-state index contributed by atoms with van der Waals surface area (Å²) in [5.41, 5.74) is 8.75. The first-order chi connectivity index (χ1) is 9.27. The van der Waals surface area contributed by atoms with Crippen molar-refractivity contribution in [3.63, 3.8) is 0 Å². The highest BCUT2D eigenvalue weighted by atomic mass is 32.1. The average Bonchev–Trinajstić information content (AvgIpc) is 2.45. The van der Waals surface area contributed by atoms with Crippen molar-refractivity contribution in [3.05, 3.63) is 42.2 Å². The van der Waals surface area contributed by atoms with E-state index in [9.17, 15) is 0 Å². The van der Waals surface area contributed by atoms with Crippen LogP contribution in [0, 0.1) is 0 Å². The third-order valence-corrected chi connectivity index (χ3v) is 2.40. The molecule has 0 unspecified atom stereocenters. The highest BCUT2D eigenvalue weighted by Crippen LogP contribution is 2.15. The van der Waals surface area contributed by atoms with E-state index in [0.717, 1.165) is 11.1 Å². The van der Waals surface area contributed by atoms with Gasteiger partial charge in [-0.2, -0.15) is 5.10 Å². The lowest BCUT2D eigenvalue weighted by Gasteiger charge is -2.02. The fourth-order valence-electron chi connectivity index (χ4n) is 1.59. The Balaban J connectivity index is 0.000000861. The molecule has 1 aromatic carbocycles. The van der Waals surface area contributed by atoms with Gasteiger partial charge in [0.05, 0.1) is 5.69 Å². The molecule has 5 heteroatoms. The molecular weight excluding hydrogens is 256 g/mol. The van der Waals surface area contributed by atoms with E-state index in [-0.39, 0.29) is 5.11 Å². The smallest absolute Gasteiger partial charge is 0.184 e. The summed E-state index contributed by atoms with van der Waals surface area (Å²) < 4.78 is 0. The molecule has 0 aliphatic carbocycles. The van der Waals surface area contributed by atoms with Gasteiger partial charge in [-0.05, 0) is 23.7 Å². The van der Waals surface area contributed by atoms with E-state index in [2.05, 4.69) is 33.8 Å². The molecular formula is C14H18N4S. The maximum atomic E-state index is 5.25. The summed E-state index contributed by atoms with van der Waals surface area (Å²) in [5.74, 6) is 0. The Hall–Kier alpha value is -2.01. The molecule has 2 rings (SSSR count). The number of benzene rings is 1. The SMILES string of the molecule is CC.NC(=S)N/N=C\Cc1nccc2ccccc12. The van der Waals surface area contributed by atoms with Crippen LogP contribution in [-0.2, 0) is 6.42 Å². The molecule has 2 aromatic rings. The Morgan fingerprint density at radius 2 is 2.11 bits per heavy atom. The molecule has 0 aliphatic rings. The van der Waals surface area contributed by atoms with Crippen LogP contribution in [0.2, 0.25) is 0 Å². The van der Waals surface area contributed by atoms with Gasteiger partial charge >= 0.3 is 0 Å². The van der Waals surface area contributed by atoms with Crippen LogP contribution < -0.4 is 11.2 Å². The van der Waals surface area contributed by atoms with Crippen LogP contribution in [0.1, 0.15) is 19.5 Å². The second-order valence-corrected chi connectivity index (χ2v) is 3.91. The predicted octanol–water partition coefficient (Wildman–Crippen LogP) is 2.62. The Labute approximate surface area is 118 Å². The average molecular weight is 274 g/mol. The molecule has 0 amide bonds. The summed E-state index contributed by atoms with van der Waals surface area (Å²) in [6, 6.07) is 10.1. The molecule has 1 aromatic heterocycles. The number of nitrogens with one attached hydrogen (secondary N) is 1. The molecule has 0 atom stereocenters. The summed E-state index contributed by atoms with van der Waals surface area (Å²) in [6.07, 6.45) is 4.14. The molecule has 3 N–H and O–H groups in total. The van der Waals surface area contributed by atoms with E-state index < -0.39 is 0 Å². The van der Waals surface area contributed by atoms with E-state index in [0.29, 0.717) is 6.42 Å². The monoisotopic (exact) mass is 274 g/mol. The second-order valence-electron chi connectivity index (χ2n) is 3.47. The van der Waals surface area contributed by atoms with Crippen molar-refractivity contribution in [3.8, 4) is 0 Å². The lowest BCUT2D eigenvalue weighted by atomic mass is 10.1. The first-order valence-corrected chi connectivity index (χ1v) is 6.58. The van der Waals surface area contributed by atoms with Crippen LogP contribution in [0.4, 0.5) is 0 Å². The van der Waals surface area contributed by atoms with Gasteiger partial charge in [0.2, 0.25) is 0 Å². The maximum Gasteiger partial charge on any atom is 0.184 e. The van der Waals surface area contributed by atoms with Gasteiger partial charge in [0, 0.05) is 24.2 Å². The molecule has 0 fully saturated rings. The topological polar surface area (TPSA) is 63.3 Å². The van der Waals surface area contributed by atoms with Crippen molar-refractivity contribution in [1.29, 1.82) is 0 Å². The van der Waals surface area contributed by atoms with Crippen molar-refractivity contribution in [2.75, 3.05) is 0 Å². The molecule has 0 saturated carbocycles. The Morgan fingerprint density at radius 1 is 1.37 bits per heavy atom. The largest absolute Gasteiger partial charge is 0.375 e. The number of aromatic nitrogens is 1. The van der Waals surface area contributed by atoms with Crippen molar-refractivity contribution in [2.24, 2.45) is 10.8 Å². The van der Waals surface area contributed by atoms with Gasteiger partial charge in [-0.15, -0.1) is 0 Å². The highest BCUT2D eigenvalue weighted by Gasteiger charge is 1.99. The van der Waals surface area contributed by atoms with E-state index in [1.807, 2.05) is 38.1 Å². The molecule has 0 radical (unpaired) electrons. The second kappa shape index (κ2) is 8.16. The van der Waals surface area contributed by atoms with Gasteiger partial charge in [-0.3, -0.25) is 10.4 Å². The number of pyridine rings is 1. The minimum absolute atomic E-state index is 0.159. The molecule has 100 valence electrons. The number of nitrogens with zero attached hydrogens (tertiary/aromatic N) is 2. The lowest BCUT2D eigenvalue weighted by molar-refractivity contribution is 1.03. The van der Waals surface area contributed by atoms with Crippen molar-refractivity contribution >= 4 is 34.3 Å². The van der Waals surface area contributed by atoms with Crippen molar-refractivity contribution in [2.45, 2.75) is 20.3 Å². The fraction of sp³-hybridized carbons (Fsp3) is 0.214. The van der Waals surface area contributed by atoms with Gasteiger partial charge in [0.1, 0.15) is 0 Å². The summed E-state index contributed by atoms with van der Waals surface area (Å²) in [4.78, 5) is 4.34. The summed E-state index contributed by atoms with van der Waals surface area (Å²) >= 11 is 4.64. The van der Waals surface area contributed by atoms with E-state index >= 15 is 0 Å². The third kappa shape index (κ3) is 4.63. The van der Waals surface area contributed by atoms with Gasteiger partial charge in [0.15, 0.2) is 5.11 Å². The minimum Gasteiger partial charge on any atom is -0.375 e. The van der Waals surface area contributed by atoms with Gasteiger partial charge in [-0.25, -0.2) is 0 Å². The molecule has 19 heavy (non-hydrogen) atoms. The zero-order valence-electron chi connectivity index (χ0n) is 11.1. The van der Waals surface area contributed by atoms with E-state index in [4.69, 9.17) is 5.73 Å². The quantitative estimate of drug-likeness (QED) is 0.513. The molecule has 0 saturated heterocycles. The van der Waals surface area contributed by atoms with Crippen LogP contribution >= 0.6 is 12.2 Å². The van der Waals surface area contributed by atoms with Crippen molar-refractivity contribution < 1.29 is 0 Å². The van der Waals surface area contributed by atoms with Crippen LogP contribution in [0.15, 0.2) is 41.6 Å². The van der Waals surface area contributed by atoms with Gasteiger partial charge in [-0.1, -0.05) is 38.1 Å². The fourth-order valence-corrected chi connectivity index (χ4v) is 1.64. The third-order valence-electron chi connectivity index (χ3n) is 2.31. The number of thiocarbonyl (C=S) groups is 1. The predicted molar refractivity (Wildman–Crippen MR) is 85.2 cm³/mol. The zero-order chi connectivity index (χ0) is 14.1. The molecule has 0 aliphatic heterocycles. The van der Waals surface area contributed by atoms with Crippen molar-refractivity contribution in [1.82, 2.24) is 10.4 Å². The van der Waals surface area contributed by atoms with E-state index in [1.165, 1.54) is 5.39 Å². The summed E-state index contributed by atoms with van der Waals surface area (Å²) in [5, 5.41) is 6.36. The van der Waals surface area contributed by atoms with Crippen LogP contribution in [-0.4, -0.2) is 16.3 Å². The summed E-state index contributed by atoms with van der Waals surface area (Å²) in [7, 11) is 0. The Bertz CT molecular complexity index is 561.